The Balaban J connectivity index is 1.83. The van der Waals surface area contributed by atoms with Crippen molar-refractivity contribution in [2.75, 3.05) is 24.6 Å². The number of morpholine rings is 1. The van der Waals surface area contributed by atoms with Crippen molar-refractivity contribution in [3.05, 3.63) is 30.6 Å². The number of fused-ring (bicyclic) bond motifs is 3. The van der Waals surface area contributed by atoms with Gasteiger partial charge in [0.2, 0.25) is 5.91 Å². The third kappa shape index (κ3) is 1.98. The number of anilines is 1. The van der Waals surface area contributed by atoms with Gasteiger partial charge in [0.25, 0.3) is 0 Å². The highest BCUT2D eigenvalue weighted by Crippen LogP contribution is 2.32. The van der Waals surface area contributed by atoms with E-state index in [4.69, 9.17) is 14.9 Å². The number of nitrogens with zero attached hydrogens (tertiary/aromatic N) is 3. The van der Waals surface area contributed by atoms with E-state index >= 15 is 0 Å². The largest absolute Gasteiger partial charge is 0.450 e. The monoisotopic (exact) mass is 298 g/mol. The summed E-state index contributed by atoms with van der Waals surface area (Å²) in [6.07, 6.45) is 0.872. The van der Waals surface area contributed by atoms with Crippen molar-refractivity contribution in [2.24, 2.45) is 5.73 Å². The summed E-state index contributed by atoms with van der Waals surface area (Å²) >= 11 is 0. The first-order valence-electron chi connectivity index (χ1n) is 7.02. The molecule has 4 rings (SSSR count). The molecule has 112 valence electrons. The Morgan fingerprint density at radius 2 is 2.18 bits per heavy atom. The van der Waals surface area contributed by atoms with E-state index in [9.17, 15) is 4.79 Å². The van der Waals surface area contributed by atoms with Crippen LogP contribution in [0.5, 0.6) is 0 Å². The Labute approximate surface area is 125 Å². The molecule has 1 aliphatic heterocycles. The SMILES string of the molecule is NC(=O)C1CN(c2ncnc3c2oc2ccccc23)CCO1. The normalized spacial score (nSPS) is 18.9. The molecule has 0 radical (unpaired) electrons. The number of primary amides is 1. The second-order valence-corrected chi connectivity index (χ2v) is 5.18. The first kappa shape index (κ1) is 13.0. The van der Waals surface area contributed by atoms with Gasteiger partial charge in [-0.3, -0.25) is 4.79 Å². The molecule has 0 bridgehead atoms. The van der Waals surface area contributed by atoms with Crippen molar-refractivity contribution in [2.45, 2.75) is 6.10 Å². The molecule has 3 aromatic rings. The van der Waals surface area contributed by atoms with Gasteiger partial charge < -0.3 is 19.8 Å². The van der Waals surface area contributed by atoms with Crippen LogP contribution < -0.4 is 10.6 Å². The number of hydrogen-bond acceptors (Lipinski definition) is 6. The van der Waals surface area contributed by atoms with Gasteiger partial charge in [0.05, 0.1) is 13.2 Å². The van der Waals surface area contributed by atoms with Gasteiger partial charge in [-0.15, -0.1) is 0 Å². The van der Waals surface area contributed by atoms with Crippen LogP contribution in [0, 0.1) is 0 Å². The van der Waals surface area contributed by atoms with Gasteiger partial charge in [-0.1, -0.05) is 12.1 Å². The average Bonchev–Trinajstić information content (AvgIpc) is 2.93. The number of ether oxygens (including phenoxy) is 1. The fraction of sp³-hybridized carbons (Fsp3) is 0.267. The molecule has 1 atom stereocenters. The number of nitrogens with two attached hydrogens (primary N) is 1. The van der Waals surface area contributed by atoms with Crippen LogP contribution in [0.3, 0.4) is 0 Å². The summed E-state index contributed by atoms with van der Waals surface area (Å²) in [4.78, 5) is 22.0. The topological polar surface area (TPSA) is 94.5 Å². The fourth-order valence-electron chi connectivity index (χ4n) is 2.75. The second-order valence-electron chi connectivity index (χ2n) is 5.18. The minimum Gasteiger partial charge on any atom is -0.450 e. The maximum atomic E-state index is 11.4. The van der Waals surface area contributed by atoms with Crippen molar-refractivity contribution in [3.8, 4) is 0 Å². The Kier molecular flexibility index (Phi) is 2.93. The van der Waals surface area contributed by atoms with Crippen LogP contribution in [0.4, 0.5) is 5.82 Å². The zero-order valence-corrected chi connectivity index (χ0v) is 11.7. The molecule has 7 heteroatoms. The molecule has 0 spiro atoms. The molecule has 22 heavy (non-hydrogen) atoms. The molecule has 0 saturated carbocycles. The Bertz CT molecular complexity index is 860. The number of furan rings is 1. The Hall–Kier alpha value is -2.67. The third-order valence-electron chi connectivity index (χ3n) is 3.82. The summed E-state index contributed by atoms with van der Waals surface area (Å²) < 4.78 is 11.3. The molecule has 1 unspecified atom stereocenters. The van der Waals surface area contributed by atoms with Gasteiger partial charge in [0, 0.05) is 11.9 Å². The van der Waals surface area contributed by atoms with Crippen molar-refractivity contribution in [1.29, 1.82) is 0 Å². The molecule has 1 aliphatic rings. The lowest BCUT2D eigenvalue weighted by molar-refractivity contribution is -0.130. The number of aromatic nitrogens is 2. The lowest BCUT2D eigenvalue weighted by atomic mass is 10.2. The van der Waals surface area contributed by atoms with Gasteiger partial charge in [0.15, 0.2) is 17.5 Å². The van der Waals surface area contributed by atoms with E-state index in [1.54, 1.807) is 0 Å². The van der Waals surface area contributed by atoms with Crippen LogP contribution in [-0.4, -0.2) is 41.7 Å². The number of amides is 1. The van der Waals surface area contributed by atoms with Gasteiger partial charge in [-0.05, 0) is 12.1 Å². The van der Waals surface area contributed by atoms with E-state index < -0.39 is 12.0 Å². The minimum atomic E-state index is -0.636. The number of hydrogen-bond donors (Lipinski definition) is 1. The van der Waals surface area contributed by atoms with E-state index in [0.29, 0.717) is 31.1 Å². The van der Waals surface area contributed by atoms with Crippen LogP contribution in [-0.2, 0) is 9.53 Å². The van der Waals surface area contributed by atoms with Crippen LogP contribution in [0.2, 0.25) is 0 Å². The minimum absolute atomic E-state index is 0.360. The smallest absolute Gasteiger partial charge is 0.248 e. The Morgan fingerprint density at radius 1 is 1.32 bits per heavy atom. The molecule has 1 aromatic carbocycles. The highest BCUT2D eigenvalue weighted by atomic mass is 16.5. The summed E-state index contributed by atoms with van der Waals surface area (Å²) in [5, 5.41) is 0.945. The summed E-state index contributed by atoms with van der Waals surface area (Å²) in [7, 11) is 0. The number of rotatable bonds is 2. The van der Waals surface area contributed by atoms with E-state index in [2.05, 4.69) is 9.97 Å². The van der Waals surface area contributed by atoms with Crippen molar-refractivity contribution in [3.63, 3.8) is 0 Å². The van der Waals surface area contributed by atoms with Crippen LogP contribution in [0.1, 0.15) is 0 Å². The number of carbonyl (C=O) groups excluding carboxylic acids is 1. The molecule has 7 nitrogen and oxygen atoms in total. The summed E-state index contributed by atoms with van der Waals surface area (Å²) in [6.45, 7) is 1.39. The maximum absolute atomic E-state index is 11.4. The first-order valence-corrected chi connectivity index (χ1v) is 7.02. The van der Waals surface area contributed by atoms with Crippen molar-refractivity contribution >= 4 is 33.8 Å². The highest BCUT2D eigenvalue weighted by Gasteiger charge is 2.27. The predicted molar refractivity (Wildman–Crippen MR) is 80.5 cm³/mol. The van der Waals surface area contributed by atoms with Crippen LogP contribution in [0.15, 0.2) is 35.0 Å². The molecular weight excluding hydrogens is 284 g/mol. The zero-order chi connectivity index (χ0) is 15.1. The second kappa shape index (κ2) is 4.96. The number of para-hydroxylation sites is 1. The summed E-state index contributed by atoms with van der Waals surface area (Å²) in [6, 6.07) is 7.71. The zero-order valence-electron chi connectivity index (χ0n) is 11.7. The van der Waals surface area contributed by atoms with E-state index in [0.717, 1.165) is 16.5 Å². The maximum Gasteiger partial charge on any atom is 0.248 e. The van der Waals surface area contributed by atoms with Crippen LogP contribution >= 0.6 is 0 Å². The molecular formula is C15H14N4O3. The standard InChI is InChI=1S/C15H14N4O3/c16-14(20)11-7-19(5-6-21-11)15-13-12(17-8-18-15)9-3-1-2-4-10(9)22-13/h1-4,8,11H,5-7H2,(H2,16,20). The quantitative estimate of drug-likeness (QED) is 0.760. The highest BCUT2D eigenvalue weighted by molar-refractivity contribution is 6.05. The third-order valence-corrected chi connectivity index (χ3v) is 3.82. The summed E-state index contributed by atoms with van der Waals surface area (Å²) in [5.41, 5.74) is 7.48. The predicted octanol–water partition coefficient (Wildman–Crippen LogP) is 1.07. The molecule has 1 fully saturated rings. The average molecular weight is 298 g/mol. The van der Waals surface area contributed by atoms with Gasteiger partial charge in [-0.2, -0.15) is 0 Å². The van der Waals surface area contributed by atoms with Crippen molar-refractivity contribution < 1.29 is 13.9 Å². The van der Waals surface area contributed by atoms with E-state index in [1.807, 2.05) is 29.2 Å². The van der Waals surface area contributed by atoms with Gasteiger partial charge in [-0.25, -0.2) is 9.97 Å². The molecule has 0 aliphatic carbocycles. The van der Waals surface area contributed by atoms with Gasteiger partial charge in [0.1, 0.15) is 17.4 Å². The molecule has 2 aromatic heterocycles. The fourth-order valence-corrected chi connectivity index (χ4v) is 2.75. The number of carbonyl (C=O) groups is 1. The van der Waals surface area contributed by atoms with Gasteiger partial charge >= 0.3 is 0 Å². The lowest BCUT2D eigenvalue weighted by Crippen LogP contribution is -2.48. The van der Waals surface area contributed by atoms with Crippen molar-refractivity contribution in [1.82, 2.24) is 9.97 Å². The van der Waals surface area contributed by atoms with E-state index in [1.165, 1.54) is 6.33 Å². The van der Waals surface area contributed by atoms with Crippen LogP contribution in [0.25, 0.3) is 22.1 Å². The Morgan fingerprint density at radius 3 is 3.05 bits per heavy atom. The molecule has 2 N–H and O–H groups in total. The molecule has 3 heterocycles. The lowest BCUT2D eigenvalue weighted by Gasteiger charge is -2.31. The molecule has 1 amide bonds. The summed E-state index contributed by atoms with van der Waals surface area (Å²) in [5.74, 6) is 0.190. The first-order chi connectivity index (χ1) is 10.7. The number of benzene rings is 1. The molecule has 1 saturated heterocycles. The van der Waals surface area contributed by atoms with E-state index in [-0.39, 0.29) is 0 Å².